The third kappa shape index (κ3) is 3.52. The maximum atomic E-state index is 11.8. The van der Waals surface area contributed by atoms with Gasteiger partial charge in [-0.1, -0.05) is 36.4 Å². The van der Waals surface area contributed by atoms with Crippen molar-refractivity contribution in [2.24, 2.45) is 11.5 Å². The number of amides is 2. The lowest BCUT2D eigenvalue weighted by Gasteiger charge is -2.23. The maximum absolute atomic E-state index is 11.8. The fourth-order valence-corrected chi connectivity index (χ4v) is 3.67. The van der Waals surface area contributed by atoms with Gasteiger partial charge in [-0.15, -0.1) is 10.2 Å². The van der Waals surface area contributed by atoms with E-state index in [0.29, 0.717) is 24.5 Å². The van der Waals surface area contributed by atoms with E-state index in [1.807, 2.05) is 48.2 Å². The highest BCUT2D eigenvalue weighted by atomic mass is 16.1. The molecule has 0 fully saturated rings. The monoisotopic (exact) mass is 403 g/mol. The zero-order chi connectivity index (χ0) is 21.3. The van der Waals surface area contributed by atoms with Crippen LogP contribution in [0.3, 0.4) is 0 Å². The largest absolute Gasteiger partial charge is 0.366 e. The molecule has 0 saturated heterocycles. The number of fused-ring (bicyclic) bond motifs is 1. The summed E-state index contributed by atoms with van der Waals surface area (Å²) in [4.78, 5) is 30.0. The number of aromatic nitrogens is 3. The quantitative estimate of drug-likeness (QED) is 0.569. The SMILES string of the molecule is CC1Cc2c(C(N)=O)cccc2N1c1nnc(C(N)=O)c(NCc2ccccc2)n1. The Kier molecular flexibility index (Phi) is 5.01. The lowest BCUT2D eigenvalue weighted by atomic mass is 10.0. The number of carbonyl (C=O) groups is 2. The van der Waals surface area contributed by atoms with Crippen molar-refractivity contribution in [2.75, 3.05) is 10.2 Å². The molecule has 0 radical (unpaired) electrons. The van der Waals surface area contributed by atoms with Crippen LogP contribution in [0.2, 0.25) is 0 Å². The number of primary amides is 2. The minimum Gasteiger partial charge on any atom is -0.366 e. The molecule has 4 rings (SSSR count). The summed E-state index contributed by atoms with van der Waals surface area (Å²) in [5.41, 5.74) is 14.1. The second kappa shape index (κ2) is 7.78. The van der Waals surface area contributed by atoms with Crippen LogP contribution in [0.4, 0.5) is 17.5 Å². The van der Waals surface area contributed by atoms with E-state index >= 15 is 0 Å². The average Bonchev–Trinajstić information content (AvgIpc) is 3.08. The molecule has 9 nitrogen and oxygen atoms in total. The van der Waals surface area contributed by atoms with Crippen molar-refractivity contribution >= 4 is 29.3 Å². The predicted octanol–water partition coefficient (Wildman–Crippen LogP) is 1.76. The molecule has 3 aromatic rings. The maximum Gasteiger partial charge on any atom is 0.273 e. The Hall–Kier alpha value is -4.01. The summed E-state index contributed by atoms with van der Waals surface area (Å²) in [5, 5.41) is 11.3. The van der Waals surface area contributed by atoms with Crippen LogP contribution in [-0.4, -0.2) is 33.0 Å². The van der Waals surface area contributed by atoms with Gasteiger partial charge in [-0.25, -0.2) is 0 Å². The number of anilines is 3. The lowest BCUT2D eigenvalue weighted by molar-refractivity contribution is 0.0988. The first-order chi connectivity index (χ1) is 14.5. The summed E-state index contributed by atoms with van der Waals surface area (Å²) in [5.74, 6) is -0.635. The first-order valence-electron chi connectivity index (χ1n) is 9.49. The molecule has 152 valence electrons. The molecule has 1 atom stereocenters. The Morgan fingerprint density at radius 1 is 1.07 bits per heavy atom. The normalized spacial score (nSPS) is 15.0. The van der Waals surface area contributed by atoms with E-state index in [4.69, 9.17) is 11.5 Å². The van der Waals surface area contributed by atoms with Crippen LogP contribution < -0.4 is 21.7 Å². The Morgan fingerprint density at radius 2 is 1.83 bits per heavy atom. The Balaban J connectivity index is 1.71. The number of nitrogens with two attached hydrogens (primary N) is 2. The predicted molar refractivity (Wildman–Crippen MR) is 112 cm³/mol. The number of hydrogen-bond acceptors (Lipinski definition) is 7. The van der Waals surface area contributed by atoms with Gasteiger partial charge in [0.2, 0.25) is 5.91 Å². The van der Waals surface area contributed by atoms with Gasteiger partial charge < -0.3 is 21.7 Å². The van der Waals surface area contributed by atoms with Gasteiger partial charge in [-0.05, 0) is 36.6 Å². The van der Waals surface area contributed by atoms with Crippen LogP contribution in [0.25, 0.3) is 0 Å². The fraction of sp³-hybridized carbons (Fsp3) is 0.190. The molecule has 1 aliphatic heterocycles. The van der Waals surface area contributed by atoms with Crippen molar-refractivity contribution in [2.45, 2.75) is 25.9 Å². The van der Waals surface area contributed by atoms with Gasteiger partial charge >= 0.3 is 0 Å². The zero-order valence-corrected chi connectivity index (χ0v) is 16.4. The van der Waals surface area contributed by atoms with Gasteiger partial charge in [0, 0.05) is 23.8 Å². The molecule has 1 aliphatic rings. The van der Waals surface area contributed by atoms with Crippen molar-refractivity contribution in [3.05, 3.63) is 70.9 Å². The summed E-state index contributed by atoms with van der Waals surface area (Å²) < 4.78 is 0. The van der Waals surface area contributed by atoms with Crippen molar-refractivity contribution in [3.63, 3.8) is 0 Å². The Bertz CT molecular complexity index is 1120. The summed E-state index contributed by atoms with van der Waals surface area (Å²) >= 11 is 0. The molecule has 5 N–H and O–H groups in total. The van der Waals surface area contributed by atoms with Crippen LogP contribution in [0.5, 0.6) is 0 Å². The van der Waals surface area contributed by atoms with Crippen LogP contribution in [-0.2, 0) is 13.0 Å². The van der Waals surface area contributed by atoms with Crippen molar-refractivity contribution in [3.8, 4) is 0 Å². The molecule has 0 aliphatic carbocycles. The molecule has 0 bridgehead atoms. The highest BCUT2D eigenvalue weighted by Crippen LogP contribution is 2.38. The number of rotatable bonds is 6. The Morgan fingerprint density at radius 3 is 2.53 bits per heavy atom. The van der Waals surface area contributed by atoms with Crippen molar-refractivity contribution in [1.29, 1.82) is 0 Å². The second-order valence-corrected chi connectivity index (χ2v) is 7.10. The molecule has 2 heterocycles. The van der Waals surface area contributed by atoms with Gasteiger partial charge in [-0.3, -0.25) is 9.59 Å². The van der Waals surface area contributed by atoms with E-state index in [2.05, 4.69) is 20.5 Å². The second-order valence-electron chi connectivity index (χ2n) is 7.10. The fourth-order valence-electron chi connectivity index (χ4n) is 3.67. The first kappa shape index (κ1) is 19.3. The van der Waals surface area contributed by atoms with Gasteiger partial charge in [0.25, 0.3) is 11.9 Å². The van der Waals surface area contributed by atoms with E-state index in [1.165, 1.54) is 0 Å². The molecule has 1 unspecified atom stereocenters. The van der Waals surface area contributed by atoms with Crippen molar-refractivity contribution < 1.29 is 9.59 Å². The summed E-state index contributed by atoms with van der Waals surface area (Å²) in [6, 6.07) is 15.0. The molecule has 0 saturated carbocycles. The van der Waals surface area contributed by atoms with Gasteiger partial charge in [0.15, 0.2) is 11.5 Å². The molecule has 2 amide bonds. The molecule has 2 aromatic carbocycles. The van der Waals surface area contributed by atoms with Crippen LogP contribution in [0.15, 0.2) is 48.5 Å². The Labute approximate surface area is 173 Å². The minimum absolute atomic E-state index is 0.0244. The van der Waals surface area contributed by atoms with Gasteiger partial charge in [-0.2, -0.15) is 4.98 Å². The van der Waals surface area contributed by atoms with Gasteiger partial charge in [0.05, 0.1) is 0 Å². The molecule has 9 heteroatoms. The van der Waals surface area contributed by atoms with E-state index in [1.54, 1.807) is 12.1 Å². The topological polar surface area (TPSA) is 140 Å². The summed E-state index contributed by atoms with van der Waals surface area (Å²) in [6.07, 6.45) is 0.613. The first-order valence-corrected chi connectivity index (χ1v) is 9.49. The zero-order valence-electron chi connectivity index (χ0n) is 16.4. The average molecular weight is 403 g/mol. The highest BCUT2D eigenvalue weighted by molar-refractivity contribution is 5.97. The number of nitrogens with zero attached hydrogens (tertiary/aromatic N) is 4. The number of hydrogen-bond donors (Lipinski definition) is 3. The molecule has 30 heavy (non-hydrogen) atoms. The molecular formula is C21H21N7O2. The van der Waals surface area contributed by atoms with Crippen molar-refractivity contribution in [1.82, 2.24) is 15.2 Å². The summed E-state index contributed by atoms with van der Waals surface area (Å²) in [6.45, 7) is 2.43. The smallest absolute Gasteiger partial charge is 0.273 e. The molecular weight excluding hydrogens is 382 g/mol. The third-order valence-electron chi connectivity index (χ3n) is 5.04. The molecule has 1 aromatic heterocycles. The van der Waals surface area contributed by atoms with Crippen LogP contribution in [0.1, 0.15) is 38.9 Å². The van der Waals surface area contributed by atoms with Crippen LogP contribution in [0, 0.1) is 0 Å². The van der Waals surface area contributed by atoms with E-state index in [-0.39, 0.29) is 17.6 Å². The number of nitrogens with one attached hydrogen (secondary N) is 1. The number of benzene rings is 2. The standard InChI is InChI=1S/C21H21N7O2/c1-12-10-15-14(18(22)29)8-5-9-16(15)28(12)21-25-20(17(19(23)30)26-27-21)24-11-13-6-3-2-4-7-13/h2-9,12H,10-11H2,1H3,(H2,22,29)(H2,23,30)(H,24,25,27). The van der Waals surface area contributed by atoms with E-state index in [9.17, 15) is 9.59 Å². The highest BCUT2D eigenvalue weighted by Gasteiger charge is 2.32. The lowest BCUT2D eigenvalue weighted by Crippen LogP contribution is -2.28. The van der Waals surface area contributed by atoms with Crippen LogP contribution >= 0.6 is 0 Å². The summed E-state index contributed by atoms with van der Waals surface area (Å²) in [7, 11) is 0. The number of carbonyl (C=O) groups excluding carboxylic acids is 2. The van der Waals surface area contributed by atoms with E-state index < -0.39 is 11.8 Å². The van der Waals surface area contributed by atoms with Gasteiger partial charge in [0.1, 0.15) is 0 Å². The van der Waals surface area contributed by atoms with E-state index in [0.717, 1.165) is 16.8 Å². The molecule has 0 spiro atoms. The third-order valence-corrected chi connectivity index (χ3v) is 5.04. The minimum atomic E-state index is -0.719.